The van der Waals surface area contributed by atoms with Crippen molar-refractivity contribution < 1.29 is 8.42 Å². The summed E-state index contributed by atoms with van der Waals surface area (Å²) in [4.78, 5) is 4.84. The molecule has 9 nitrogen and oxygen atoms in total. The molecule has 0 saturated heterocycles. The summed E-state index contributed by atoms with van der Waals surface area (Å²) in [6.07, 6.45) is 2.57. The summed E-state index contributed by atoms with van der Waals surface area (Å²) in [6.45, 7) is 6.69. The highest BCUT2D eigenvalue weighted by Crippen LogP contribution is 2.14. The van der Waals surface area contributed by atoms with Crippen LogP contribution in [0.5, 0.6) is 0 Å². The first-order chi connectivity index (χ1) is 13.4. The van der Waals surface area contributed by atoms with E-state index in [0.717, 1.165) is 30.9 Å². The van der Waals surface area contributed by atoms with Crippen LogP contribution in [0.15, 0.2) is 40.5 Å². The molecule has 0 unspecified atom stereocenters. The van der Waals surface area contributed by atoms with E-state index < -0.39 is 10.0 Å². The van der Waals surface area contributed by atoms with E-state index >= 15 is 0 Å². The first kappa shape index (κ1) is 21.8. The standard InChI is InChI=1S/C18H29N7O2S/c1-5-17-23-22-14-25(17)12-11-20-18(19-6-2)21-13-15-7-9-16(10-8-15)28(26,27)24(3)4/h7-10,14H,5-6,11-13H2,1-4H3,(H2,19,20,21). The van der Waals surface area contributed by atoms with Crippen molar-refractivity contribution in [2.45, 2.75) is 38.3 Å². The minimum atomic E-state index is -3.41. The van der Waals surface area contributed by atoms with E-state index in [9.17, 15) is 8.42 Å². The van der Waals surface area contributed by atoms with E-state index in [-0.39, 0.29) is 4.90 Å². The third kappa shape index (κ3) is 5.77. The minimum absolute atomic E-state index is 0.274. The Kier molecular flexibility index (Phi) is 7.94. The average molecular weight is 408 g/mol. The topological polar surface area (TPSA) is 105 Å². The van der Waals surface area contributed by atoms with Gasteiger partial charge in [0, 0.05) is 40.2 Å². The number of hydrogen-bond acceptors (Lipinski definition) is 5. The van der Waals surface area contributed by atoms with Crippen LogP contribution in [0.1, 0.15) is 25.2 Å². The van der Waals surface area contributed by atoms with Crippen LogP contribution in [-0.4, -0.2) is 60.6 Å². The van der Waals surface area contributed by atoms with E-state index in [4.69, 9.17) is 0 Å². The monoisotopic (exact) mass is 407 g/mol. The highest BCUT2D eigenvalue weighted by molar-refractivity contribution is 7.89. The van der Waals surface area contributed by atoms with E-state index in [1.54, 1.807) is 30.6 Å². The lowest BCUT2D eigenvalue weighted by atomic mass is 10.2. The Balaban J connectivity index is 1.96. The predicted molar refractivity (Wildman–Crippen MR) is 110 cm³/mol. The summed E-state index contributed by atoms with van der Waals surface area (Å²) in [5, 5.41) is 14.5. The van der Waals surface area contributed by atoms with Gasteiger partial charge in [-0.1, -0.05) is 19.1 Å². The van der Waals surface area contributed by atoms with Gasteiger partial charge in [0.25, 0.3) is 0 Å². The molecule has 0 aliphatic carbocycles. The Labute approximate surface area is 166 Å². The van der Waals surface area contributed by atoms with Gasteiger partial charge in [-0.2, -0.15) is 0 Å². The molecule has 0 aliphatic heterocycles. The Bertz CT molecular complexity index is 874. The molecule has 1 heterocycles. The number of aryl methyl sites for hydroxylation is 1. The fourth-order valence-corrected chi connectivity index (χ4v) is 3.43. The Morgan fingerprint density at radius 2 is 1.89 bits per heavy atom. The van der Waals surface area contributed by atoms with E-state index in [1.165, 1.54) is 18.4 Å². The molecule has 10 heteroatoms. The Hall–Kier alpha value is -2.46. The van der Waals surface area contributed by atoms with Crippen LogP contribution in [0.3, 0.4) is 0 Å². The van der Waals surface area contributed by atoms with E-state index in [2.05, 4.69) is 32.7 Å². The van der Waals surface area contributed by atoms with Crippen molar-refractivity contribution in [2.75, 3.05) is 27.2 Å². The summed E-state index contributed by atoms with van der Waals surface area (Å²) in [5.74, 6) is 1.66. The molecule has 0 radical (unpaired) electrons. The Morgan fingerprint density at radius 1 is 1.18 bits per heavy atom. The van der Waals surface area contributed by atoms with Gasteiger partial charge in [-0.15, -0.1) is 10.2 Å². The van der Waals surface area contributed by atoms with Crippen molar-refractivity contribution >= 4 is 16.0 Å². The summed E-state index contributed by atoms with van der Waals surface area (Å²) in [7, 11) is -0.374. The van der Waals surface area contributed by atoms with Gasteiger partial charge in [-0.3, -0.25) is 0 Å². The number of guanidine groups is 1. The largest absolute Gasteiger partial charge is 0.357 e. The number of rotatable bonds is 9. The Morgan fingerprint density at radius 3 is 2.50 bits per heavy atom. The highest BCUT2D eigenvalue weighted by atomic mass is 32.2. The lowest BCUT2D eigenvalue weighted by Gasteiger charge is -2.13. The molecule has 2 rings (SSSR count). The zero-order valence-electron chi connectivity index (χ0n) is 16.9. The third-order valence-electron chi connectivity index (χ3n) is 4.12. The second-order valence-electron chi connectivity index (χ2n) is 6.35. The van der Waals surface area contributed by atoms with Crippen molar-refractivity contribution in [1.29, 1.82) is 0 Å². The number of nitrogens with zero attached hydrogens (tertiary/aromatic N) is 5. The maximum absolute atomic E-state index is 12.1. The van der Waals surface area contributed by atoms with Gasteiger partial charge < -0.3 is 15.2 Å². The SMILES string of the molecule is CCNC(=NCc1ccc(S(=O)(=O)N(C)C)cc1)NCCn1cnnc1CC. The second-order valence-corrected chi connectivity index (χ2v) is 8.50. The van der Waals surface area contributed by atoms with Crippen LogP contribution in [0, 0.1) is 0 Å². The van der Waals surface area contributed by atoms with Gasteiger partial charge in [0.05, 0.1) is 11.4 Å². The number of aromatic nitrogens is 3. The first-order valence-corrected chi connectivity index (χ1v) is 10.7. The van der Waals surface area contributed by atoms with Crippen molar-refractivity contribution in [3.05, 3.63) is 42.0 Å². The number of hydrogen-bond donors (Lipinski definition) is 2. The van der Waals surface area contributed by atoms with Gasteiger partial charge in [-0.05, 0) is 24.6 Å². The van der Waals surface area contributed by atoms with Crippen LogP contribution < -0.4 is 10.6 Å². The maximum atomic E-state index is 12.1. The molecule has 0 saturated carbocycles. The zero-order chi connectivity index (χ0) is 20.6. The molecule has 1 aromatic carbocycles. The molecule has 0 aliphatic rings. The number of aliphatic imine (C=N–C) groups is 1. The third-order valence-corrected chi connectivity index (χ3v) is 5.95. The highest BCUT2D eigenvalue weighted by Gasteiger charge is 2.16. The van der Waals surface area contributed by atoms with Crippen LogP contribution in [0.2, 0.25) is 0 Å². The lowest BCUT2D eigenvalue weighted by molar-refractivity contribution is 0.520. The quantitative estimate of drug-likeness (QED) is 0.472. The molecule has 0 atom stereocenters. The van der Waals surface area contributed by atoms with Crippen molar-refractivity contribution in [2.24, 2.45) is 4.99 Å². The fourth-order valence-electron chi connectivity index (χ4n) is 2.52. The molecular formula is C18H29N7O2S. The maximum Gasteiger partial charge on any atom is 0.242 e. The average Bonchev–Trinajstić information content (AvgIpc) is 3.13. The van der Waals surface area contributed by atoms with Gasteiger partial charge in [0.2, 0.25) is 10.0 Å². The van der Waals surface area contributed by atoms with Crippen molar-refractivity contribution in [3.8, 4) is 0 Å². The van der Waals surface area contributed by atoms with Crippen molar-refractivity contribution in [1.82, 2.24) is 29.7 Å². The van der Waals surface area contributed by atoms with Gasteiger partial charge >= 0.3 is 0 Å². The van der Waals surface area contributed by atoms with Gasteiger partial charge in [0.15, 0.2) is 5.96 Å². The molecular weight excluding hydrogens is 378 g/mol. The second kappa shape index (κ2) is 10.2. The van der Waals surface area contributed by atoms with Crippen LogP contribution >= 0.6 is 0 Å². The number of benzene rings is 1. The smallest absolute Gasteiger partial charge is 0.242 e. The molecule has 0 fully saturated rings. The summed E-state index contributed by atoms with van der Waals surface area (Å²) >= 11 is 0. The fraction of sp³-hybridized carbons (Fsp3) is 0.500. The summed E-state index contributed by atoms with van der Waals surface area (Å²) in [5.41, 5.74) is 0.932. The summed E-state index contributed by atoms with van der Waals surface area (Å²) in [6, 6.07) is 6.79. The number of nitrogens with one attached hydrogen (secondary N) is 2. The van der Waals surface area contributed by atoms with E-state index in [0.29, 0.717) is 19.0 Å². The minimum Gasteiger partial charge on any atom is -0.357 e. The first-order valence-electron chi connectivity index (χ1n) is 9.28. The lowest BCUT2D eigenvalue weighted by Crippen LogP contribution is -2.38. The molecule has 154 valence electrons. The molecule has 2 aromatic rings. The molecule has 2 N–H and O–H groups in total. The van der Waals surface area contributed by atoms with Crippen LogP contribution in [0.4, 0.5) is 0 Å². The molecule has 0 bridgehead atoms. The van der Waals surface area contributed by atoms with Crippen molar-refractivity contribution in [3.63, 3.8) is 0 Å². The van der Waals surface area contributed by atoms with Gasteiger partial charge in [-0.25, -0.2) is 17.7 Å². The molecule has 28 heavy (non-hydrogen) atoms. The van der Waals surface area contributed by atoms with Crippen LogP contribution in [0.25, 0.3) is 0 Å². The predicted octanol–water partition coefficient (Wildman–Crippen LogP) is 0.846. The molecule has 0 amide bonds. The normalized spacial score (nSPS) is 12.4. The van der Waals surface area contributed by atoms with E-state index in [1.807, 2.05) is 11.5 Å². The van der Waals surface area contributed by atoms with Crippen LogP contribution in [-0.2, 0) is 29.5 Å². The van der Waals surface area contributed by atoms with Gasteiger partial charge in [0.1, 0.15) is 12.2 Å². The zero-order valence-corrected chi connectivity index (χ0v) is 17.7. The molecule has 1 aromatic heterocycles. The summed E-state index contributed by atoms with van der Waals surface area (Å²) < 4.78 is 27.5. The number of sulfonamides is 1. The molecule has 0 spiro atoms.